The van der Waals surface area contributed by atoms with Gasteiger partial charge in [-0.15, -0.1) is 0 Å². The largest absolute Gasteiger partial charge is 0.497 e. The molecule has 6 nitrogen and oxygen atoms in total. The Bertz CT molecular complexity index is 1010. The van der Waals surface area contributed by atoms with E-state index in [1.54, 1.807) is 20.3 Å². The van der Waals surface area contributed by atoms with Crippen molar-refractivity contribution in [2.75, 3.05) is 41.0 Å². The van der Waals surface area contributed by atoms with Crippen LogP contribution in [0.5, 0.6) is 11.5 Å². The third kappa shape index (κ3) is 7.20. The van der Waals surface area contributed by atoms with Crippen LogP contribution in [0.2, 0.25) is 0 Å². The van der Waals surface area contributed by atoms with Gasteiger partial charge in [0.25, 0.3) is 0 Å². The van der Waals surface area contributed by atoms with Crippen LogP contribution in [0.4, 0.5) is 4.39 Å². The molecule has 1 aliphatic carbocycles. The molecule has 36 heavy (non-hydrogen) atoms. The normalized spacial score (nSPS) is 18.2. The maximum atomic E-state index is 13.7. The lowest BCUT2D eigenvalue weighted by atomic mass is 9.70. The van der Waals surface area contributed by atoms with Crippen LogP contribution in [-0.4, -0.2) is 63.0 Å². The van der Waals surface area contributed by atoms with Gasteiger partial charge >= 0.3 is 5.97 Å². The fraction of sp³-hybridized carbons (Fsp3) is 0.552. The van der Waals surface area contributed by atoms with Crippen molar-refractivity contribution >= 4 is 5.97 Å². The monoisotopic (exact) mass is 501 g/mol. The maximum absolute atomic E-state index is 13.7. The quantitative estimate of drug-likeness (QED) is 0.408. The standard InChI is InChI=1S/C29H40FNO5/c1-19(2)28-22(7-6-20-16-23(30)8-10-25(20)28)18-36-27(29(32)33)13-15-31(3)14-12-21-17-24(34-4)9-11-26(21)35-5/h8-11,16-17,19,22,27-28H,6-7,12-15,18H2,1-5H3,(H,32,33)/t22-,27?,28+/m0/s1. The Labute approximate surface area is 214 Å². The first-order valence-corrected chi connectivity index (χ1v) is 12.8. The summed E-state index contributed by atoms with van der Waals surface area (Å²) in [6.45, 7) is 6.07. The van der Waals surface area contributed by atoms with E-state index in [2.05, 4.69) is 18.7 Å². The number of likely N-dealkylation sites (N-methyl/N-ethyl adjacent to an activating group) is 1. The Hall–Kier alpha value is -2.64. The van der Waals surface area contributed by atoms with E-state index in [0.717, 1.165) is 48.4 Å². The summed E-state index contributed by atoms with van der Waals surface area (Å²) in [5, 5.41) is 9.80. The number of aliphatic carboxylic acids is 1. The molecule has 0 aliphatic heterocycles. The highest BCUT2D eigenvalue weighted by atomic mass is 19.1. The first-order valence-electron chi connectivity index (χ1n) is 12.8. The lowest BCUT2D eigenvalue weighted by Crippen LogP contribution is -2.34. The Morgan fingerprint density at radius 3 is 2.58 bits per heavy atom. The summed E-state index contributed by atoms with van der Waals surface area (Å²) in [5.41, 5.74) is 3.28. The number of carboxylic acids is 1. The lowest BCUT2D eigenvalue weighted by molar-refractivity contribution is -0.152. The molecule has 198 valence electrons. The number of fused-ring (bicyclic) bond motifs is 1. The summed E-state index contributed by atoms with van der Waals surface area (Å²) < 4.78 is 30.5. The molecule has 1 unspecified atom stereocenters. The Morgan fingerprint density at radius 2 is 1.92 bits per heavy atom. The first kappa shape index (κ1) is 27.9. The van der Waals surface area contributed by atoms with Gasteiger partial charge in [-0.1, -0.05) is 19.9 Å². The van der Waals surface area contributed by atoms with E-state index in [-0.39, 0.29) is 17.7 Å². The summed E-state index contributed by atoms with van der Waals surface area (Å²) >= 11 is 0. The summed E-state index contributed by atoms with van der Waals surface area (Å²) in [4.78, 5) is 14.1. The number of aryl methyl sites for hydroxylation is 1. The SMILES string of the molecule is COc1ccc(OC)c(CCN(C)CCC(OC[C@@H]2CCc3cc(F)ccc3[C@@H]2C(C)C)C(=O)O)c1. The van der Waals surface area contributed by atoms with Gasteiger partial charge in [-0.05, 0) is 97.5 Å². The van der Waals surface area contributed by atoms with Crippen LogP contribution in [0.15, 0.2) is 36.4 Å². The van der Waals surface area contributed by atoms with Gasteiger partial charge in [0, 0.05) is 13.1 Å². The van der Waals surface area contributed by atoms with Gasteiger partial charge in [-0.25, -0.2) is 9.18 Å². The van der Waals surface area contributed by atoms with E-state index >= 15 is 0 Å². The van der Waals surface area contributed by atoms with Gasteiger partial charge in [-0.3, -0.25) is 0 Å². The summed E-state index contributed by atoms with van der Waals surface area (Å²) in [5.74, 6) is 1.25. The van der Waals surface area contributed by atoms with Crippen molar-refractivity contribution in [3.05, 3.63) is 58.9 Å². The van der Waals surface area contributed by atoms with E-state index in [1.807, 2.05) is 31.3 Å². The predicted octanol–water partition coefficient (Wildman–Crippen LogP) is 5.18. The second-order valence-corrected chi connectivity index (χ2v) is 10.1. The van der Waals surface area contributed by atoms with Crippen LogP contribution < -0.4 is 9.47 Å². The molecule has 1 N–H and O–H groups in total. The molecular weight excluding hydrogens is 461 g/mol. The van der Waals surface area contributed by atoms with E-state index in [1.165, 1.54) is 11.6 Å². The van der Waals surface area contributed by atoms with Crippen LogP contribution in [0, 0.1) is 17.7 Å². The second kappa shape index (κ2) is 13.1. The predicted molar refractivity (Wildman–Crippen MR) is 139 cm³/mol. The zero-order chi connectivity index (χ0) is 26.2. The van der Waals surface area contributed by atoms with Crippen molar-refractivity contribution in [2.45, 2.75) is 51.6 Å². The van der Waals surface area contributed by atoms with Crippen molar-refractivity contribution in [1.29, 1.82) is 0 Å². The fourth-order valence-electron chi connectivity index (χ4n) is 5.34. The van der Waals surface area contributed by atoms with Crippen LogP contribution in [0.3, 0.4) is 0 Å². The fourth-order valence-corrected chi connectivity index (χ4v) is 5.34. The zero-order valence-electron chi connectivity index (χ0n) is 22.1. The minimum Gasteiger partial charge on any atom is -0.497 e. The van der Waals surface area contributed by atoms with Crippen molar-refractivity contribution < 1.29 is 28.5 Å². The summed E-state index contributed by atoms with van der Waals surface area (Å²) in [7, 11) is 5.27. The zero-order valence-corrected chi connectivity index (χ0v) is 22.1. The van der Waals surface area contributed by atoms with Crippen molar-refractivity contribution in [3.8, 4) is 11.5 Å². The number of hydrogen-bond donors (Lipinski definition) is 1. The van der Waals surface area contributed by atoms with Gasteiger partial charge in [0.15, 0.2) is 6.10 Å². The van der Waals surface area contributed by atoms with Crippen LogP contribution >= 0.6 is 0 Å². The Balaban J connectivity index is 1.54. The van der Waals surface area contributed by atoms with Crippen molar-refractivity contribution in [2.24, 2.45) is 11.8 Å². The number of hydrogen-bond acceptors (Lipinski definition) is 5. The number of carbonyl (C=O) groups is 1. The van der Waals surface area contributed by atoms with Crippen LogP contribution in [0.1, 0.15) is 49.3 Å². The first-order chi connectivity index (χ1) is 17.2. The third-order valence-electron chi connectivity index (χ3n) is 7.29. The van der Waals surface area contributed by atoms with E-state index < -0.39 is 12.1 Å². The van der Waals surface area contributed by atoms with Crippen LogP contribution in [-0.2, 0) is 22.4 Å². The molecule has 3 rings (SSSR count). The van der Waals surface area contributed by atoms with Gasteiger partial charge in [0.2, 0.25) is 0 Å². The number of benzene rings is 2. The number of carboxylic acid groups (broad SMARTS) is 1. The summed E-state index contributed by atoms with van der Waals surface area (Å²) in [6, 6.07) is 10.8. The van der Waals surface area contributed by atoms with Gasteiger partial charge in [-0.2, -0.15) is 0 Å². The molecule has 0 aromatic heterocycles. The maximum Gasteiger partial charge on any atom is 0.332 e. The minimum absolute atomic E-state index is 0.203. The molecular formula is C29H40FNO5. The topological polar surface area (TPSA) is 68.2 Å². The molecule has 1 aliphatic rings. The molecule has 0 spiro atoms. The minimum atomic E-state index is -0.933. The highest BCUT2D eigenvalue weighted by Gasteiger charge is 2.33. The van der Waals surface area contributed by atoms with Crippen molar-refractivity contribution in [3.63, 3.8) is 0 Å². The number of rotatable bonds is 13. The Morgan fingerprint density at radius 1 is 1.14 bits per heavy atom. The molecule has 0 amide bonds. The second-order valence-electron chi connectivity index (χ2n) is 10.1. The van der Waals surface area contributed by atoms with E-state index in [9.17, 15) is 14.3 Å². The number of nitrogens with zero attached hydrogens (tertiary/aromatic N) is 1. The average Bonchev–Trinajstić information content (AvgIpc) is 2.86. The molecule has 7 heteroatoms. The summed E-state index contributed by atoms with van der Waals surface area (Å²) in [6.07, 6.45) is 1.96. The number of halogens is 1. The molecule has 0 saturated carbocycles. The van der Waals surface area contributed by atoms with Crippen molar-refractivity contribution in [1.82, 2.24) is 4.90 Å². The van der Waals surface area contributed by atoms with Gasteiger partial charge < -0.3 is 24.2 Å². The number of methoxy groups -OCH3 is 2. The van der Waals surface area contributed by atoms with Crippen LogP contribution in [0.25, 0.3) is 0 Å². The molecule has 2 aromatic carbocycles. The number of ether oxygens (including phenoxy) is 3. The highest BCUT2D eigenvalue weighted by Crippen LogP contribution is 2.41. The molecule has 0 saturated heterocycles. The van der Waals surface area contributed by atoms with Gasteiger partial charge in [0.05, 0.1) is 20.8 Å². The smallest absolute Gasteiger partial charge is 0.332 e. The molecule has 0 heterocycles. The Kier molecular flexibility index (Phi) is 10.1. The average molecular weight is 502 g/mol. The van der Waals surface area contributed by atoms with Gasteiger partial charge in [0.1, 0.15) is 17.3 Å². The molecule has 0 radical (unpaired) electrons. The third-order valence-corrected chi connectivity index (χ3v) is 7.29. The highest BCUT2D eigenvalue weighted by molar-refractivity contribution is 5.72. The molecule has 3 atom stereocenters. The van der Waals surface area contributed by atoms with E-state index in [4.69, 9.17) is 14.2 Å². The lowest BCUT2D eigenvalue weighted by Gasteiger charge is -2.36. The van der Waals surface area contributed by atoms with E-state index in [0.29, 0.717) is 25.5 Å². The molecule has 2 aromatic rings. The molecule has 0 fully saturated rings. The molecule has 0 bridgehead atoms.